The van der Waals surface area contributed by atoms with Crippen molar-refractivity contribution >= 4 is 22.4 Å². The second kappa shape index (κ2) is 7.69. The van der Waals surface area contributed by atoms with Crippen LogP contribution in [-0.4, -0.2) is 26.4 Å². The molecule has 7 heteroatoms. The lowest BCUT2D eigenvalue weighted by molar-refractivity contribution is 0.0949. The Labute approximate surface area is 150 Å². The summed E-state index contributed by atoms with van der Waals surface area (Å²) in [5.74, 6) is -0.459. The molecule has 2 heterocycles. The molecule has 0 unspecified atom stereocenters. The van der Waals surface area contributed by atoms with Gasteiger partial charge in [-0.1, -0.05) is 25.1 Å². The van der Waals surface area contributed by atoms with Crippen LogP contribution in [0.15, 0.2) is 58.7 Å². The first-order chi connectivity index (χ1) is 12.6. The molecule has 1 aromatic carbocycles. The predicted octanol–water partition coefficient (Wildman–Crippen LogP) is 2.36. The summed E-state index contributed by atoms with van der Waals surface area (Å²) in [7, 11) is 0. The minimum absolute atomic E-state index is 0.180. The molecule has 0 atom stereocenters. The van der Waals surface area contributed by atoms with Crippen LogP contribution >= 0.6 is 0 Å². The van der Waals surface area contributed by atoms with E-state index < -0.39 is 5.91 Å². The van der Waals surface area contributed by atoms with Crippen molar-refractivity contribution in [3.8, 4) is 0 Å². The normalized spacial score (nSPS) is 11.5. The molecule has 0 saturated heterocycles. The maximum absolute atomic E-state index is 12.7. The fraction of sp³-hybridized carbons (Fsp3) is 0.211. The summed E-state index contributed by atoms with van der Waals surface area (Å²) in [5, 5.41) is 9.37. The average molecular weight is 349 g/mol. The molecule has 0 spiro atoms. The standard InChI is InChI=1S/C19H19N5O2/c1-3-12-24-19(26)16-7-5-4-6-15(16)17(23-24)18(25)22-21-13(2)14-8-10-20-11-9-14/h4-11H,3,12H2,1-2H3,(H,22,25)/b21-13-. The van der Waals surface area contributed by atoms with Crippen LogP contribution in [0.1, 0.15) is 36.3 Å². The molecular weight excluding hydrogens is 330 g/mol. The zero-order valence-corrected chi connectivity index (χ0v) is 14.6. The lowest BCUT2D eigenvalue weighted by Gasteiger charge is -2.09. The van der Waals surface area contributed by atoms with Crippen LogP contribution in [0.3, 0.4) is 0 Å². The number of fused-ring (bicyclic) bond motifs is 1. The summed E-state index contributed by atoms with van der Waals surface area (Å²) < 4.78 is 1.33. The van der Waals surface area contributed by atoms with E-state index in [-0.39, 0.29) is 11.3 Å². The number of pyridine rings is 1. The lowest BCUT2D eigenvalue weighted by Crippen LogP contribution is -2.29. The van der Waals surface area contributed by atoms with Gasteiger partial charge in [-0.05, 0) is 31.5 Å². The van der Waals surface area contributed by atoms with Crippen LogP contribution < -0.4 is 11.0 Å². The molecule has 0 saturated carbocycles. The van der Waals surface area contributed by atoms with E-state index in [1.54, 1.807) is 55.7 Å². The number of benzene rings is 1. The summed E-state index contributed by atoms with van der Waals surface area (Å²) in [5.41, 5.74) is 4.01. The Bertz CT molecular complexity index is 1030. The Morgan fingerprint density at radius 3 is 2.54 bits per heavy atom. The van der Waals surface area contributed by atoms with Crippen molar-refractivity contribution < 1.29 is 4.79 Å². The zero-order chi connectivity index (χ0) is 18.5. The molecule has 7 nitrogen and oxygen atoms in total. The van der Waals surface area contributed by atoms with Gasteiger partial charge in [0.15, 0.2) is 5.69 Å². The van der Waals surface area contributed by atoms with Gasteiger partial charge in [-0.2, -0.15) is 10.2 Å². The molecule has 1 N–H and O–H groups in total. The number of rotatable bonds is 5. The molecule has 0 fully saturated rings. The van der Waals surface area contributed by atoms with Gasteiger partial charge < -0.3 is 0 Å². The number of carbonyl (C=O) groups excluding carboxylic acids is 1. The molecule has 0 radical (unpaired) electrons. The van der Waals surface area contributed by atoms with E-state index in [0.717, 1.165) is 12.0 Å². The molecule has 26 heavy (non-hydrogen) atoms. The molecule has 0 bridgehead atoms. The Morgan fingerprint density at radius 2 is 1.85 bits per heavy atom. The summed E-state index contributed by atoms with van der Waals surface area (Å²) in [6, 6.07) is 10.6. The smallest absolute Gasteiger partial charge is 0.267 e. The fourth-order valence-electron chi connectivity index (χ4n) is 2.61. The quantitative estimate of drug-likeness (QED) is 0.566. The SMILES string of the molecule is CCCn1nc(C(=O)N/N=C(/C)c2ccncc2)c2ccccc2c1=O. The number of nitrogens with one attached hydrogen (secondary N) is 1. The number of hydrazone groups is 1. The van der Waals surface area contributed by atoms with Crippen LogP contribution in [-0.2, 0) is 6.54 Å². The third kappa shape index (κ3) is 3.51. The van der Waals surface area contributed by atoms with Gasteiger partial charge in [-0.3, -0.25) is 14.6 Å². The third-order valence-electron chi connectivity index (χ3n) is 3.94. The fourth-order valence-corrected chi connectivity index (χ4v) is 2.61. The number of amides is 1. The largest absolute Gasteiger partial charge is 0.292 e. The van der Waals surface area contributed by atoms with Crippen molar-refractivity contribution in [3.63, 3.8) is 0 Å². The molecular formula is C19H19N5O2. The van der Waals surface area contributed by atoms with Gasteiger partial charge in [0.25, 0.3) is 11.5 Å². The maximum Gasteiger partial charge on any atom is 0.292 e. The predicted molar refractivity (Wildman–Crippen MR) is 100 cm³/mol. The number of nitrogens with zero attached hydrogens (tertiary/aromatic N) is 4. The lowest BCUT2D eigenvalue weighted by atomic mass is 10.1. The monoisotopic (exact) mass is 349 g/mol. The molecule has 0 aliphatic heterocycles. The Kier molecular flexibility index (Phi) is 5.17. The maximum atomic E-state index is 12.7. The van der Waals surface area contributed by atoms with Gasteiger partial charge in [0, 0.05) is 29.9 Å². The first-order valence-corrected chi connectivity index (χ1v) is 8.36. The van der Waals surface area contributed by atoms with E-state index in [9.17, 15) is 9.59 Å². The highest BCUT2D eigenvalue weighted by Crippen LogP contribution is 2.13. The van der Waals surface area contributed by atoms with Crippen molar-refractivity contribution in [2.24, 2.45) is 5.10 Å². The number of hydrogen-bond acceptors (Lipinski definition) is 5. The summed E-state index contributed by atoms with van der Waals surface area (Å²) in [4.78, 5) is 29.1. The third-order valence-corrected chi connectivity index (χ3v) is 3.94. The first-order valence-electron chi connectivity index (χ1n) is 8.36. The molecule has 0 aliphatic rings. The number of aryl methyl sites for hydroxylation is 1. The second-order valence-electron chi connectivity index (χ2n) is 5.80. The summed E-state index contributed by atoms with van der Waals surface area (Å²) in [6.07, 6.45) is 4.06. The summed E-state index contributed by atoms with van der Waals surface area (Å²) in [6.45, 7) is 4.19. The Balaban J connectivity index is 1.98. The van der Waals surface area contributed by atoms with Crippen molar-refractivity contribution in [3.05, 3.63) is 70.4 Å². The van der Waals surface area contributed by atoms with E-state index in [4.69, 9.17) is 0 Å². The van der Waals surface area contributed by atoms with E-state index in [1.807, 2.05) is 6.92 Å². The van der Waals surface area contributed by atoms with Gasteiger partial charge in [-0.25, -0.2) is 10.1 Å². The second-order valence-corrected chi connectivity index (χ2v) is 5.80. The number of carbonyl (C=O) groups is 1. The highest BCUT2D eigenvalue weighted by molar-refractivity contribution is 6.06. The Hall–Kier alpha value is -3.35. The molecule has 0 aliphatic carbocycles. The van der Waals surface area contributed by atoms with E-state index >= 15 is 0 Å². The molecule has 3 aromatic rings. The average Bonchev–Trinajstić information content (AvgIpc) is 2.69. The van der Waals surface area contributed by atoms with Crippen molar-refractivity contribution in [1.29, 1.82) is 0 Å². The van der Waals surface area contributed by atoms with Crippen LogP contribution in [0, 0.1) is 0 Å². The van der Waals surface area contributed by atoms with Gasteiger partial charge in [0.2, 0.25) is 0 Å². The number of hydrogen-bond donors (Lipinski definition) is 1. The summed E-state index contributed by atoms with van der Waals surface area (Å²) >= 11 is 0. The van der Waals surface area contributed by atoms with Gasteiger partial charge in [-0.15, -0.1) is 0 Å². The van der Waals surface area contributed by atoms with E-state index in [1.165, 1.54) is 4.68 Å². The molecule has 2 aromatic heterocycles. The highest BCUT2D eigenvalue weighted by Gasteiger charge is 2.16. The number of aromatic nitrogens is 3. The van der Waals surface area contributed by atoms with Crippen molar-refractivity contribution in [1.82, 2.24) is 20.2 Å². The van der Waals surface area contributed by atoms with Gasteiger partial charge in [0.05, 0.1) is 11.1 Å². The molecule has 3 rings (SSSR count). The van der Waals surface area contributed by atoms with Crippen LogP contribution in [0.25, 0.3) is 10.8 Å². The van der Waals surface area contributed by atoms with Crippen molar-refractivity contribution in [2.75, 3.05) is 0 Å². The molecule has 132 valence electrons. The van der Waals surface area contributed by atoms with E-state index in [0.29, 0.717) is 23.0 Å². The minimum Gasteiger partial charge on any atom is -0.267 e. The Morgan fingerprint density at radius 1 is 1.15 bits per heavy atom. The van der Waals surface area contributed by atoms with Crippen molar-refractivity contribution in [2.45, 2.75) is 26.8 Å². The van der Waals surface area contributed by atoms with Crippen LogP contribution in [0.4, 0.5) is 0 Å². The highest BCUT2D eigenvalue weighted by atomic mass is 16.2. The van der Waals surface area contributed by atoms with Gasteiger partial charge >= 0.3 is 0 Å². The van der Waals surface area contributed by atoms with Gasteiger partial charge in [0.1, 0.15) is 0 Å². The first kappa shape index (κ1) is 17.5. The minimum atomic E-state index is -0.459. The zero-order valence-electron chi connectivity index (χ0n) is 14.6. The topological polar surface area (TPSA) is 89.2 Å². The van der Waals surface area contributed by atoms with Crippen LogP contribution in [0.2, 0.25) is 0 Å². The van der Waals surface area contributed by atoms with Crippen LogP contribution in [0.5, 0.6) is 0 Å². The molecule has 1 amide bonds. The van der Waals surface area contributed by atoms with E-state index in [2.05, 4.69) is 20.6 Å².